The summed E-state index contributed by atoms with van der Waals surface area (Å²) in [6.45, 7) is 6.28. The third kappa shape index (κ3) is 4.89. The van der Waals surface area contributed by atoms with Gasteiger partial charge in [0, 0.05) is 57.8 Å². The fourth-order valence-corrected chi connectivity index (χ4v) is 7.41. The van der Waals surface area contributed by atoms with Gasteiger partial charge in [-0.15, -0.1) is 0 Å². The van der Waals surface area contributed by atoms with E-state index in [2.05, 4.69) is 17.1 Å². The van der Waals surface area contributed by atoms with Crippen LogP contribution in [0.5, 0.6) is 0 Å². The Hall–Kier alpha value is -1.56. The Bertz CT molecular complexity index is 947. The van der Waals surface area contributed by atoms with Crippen LogP contribution in [-0.2, 0) is 19.7 Å². The molecule has 4 aliphatic rings. The summed E-state index contributed by atoms with van der Waals surface area (Å²) in [4.78, 5) is 20.0. The van der Waals surface area contributed by atoms with E-state index >= 15 is 0 Å². The highest BCUT2D eigenvalue weighted by molar-refractivity contribution is 7.86. The summed E-state index contributed by atoms with van der Waals surface area (Å²) in [6.07, 6.45) is 6.46. The fraction of sp³-hybridized carbons (Fsp3) is 0.870. The highest BCUT2D eigenvalue weighted by Crippen LogP contribution is 2.35. The molecular weight excluding hydrogens is 458 g/mol. The van der Waals surface area contributed by atoms with Crippen molar-refractivity contribution in [2.45, 2.75) is 70.3 Å². The van der Waals surface area contributed by atoms with Gasteiger partial charge in [0.05, 0.1) is 0 Å². The average Bonchev–Trinajstić information content (AvgIpc) is 3.54. The van der Waals surface area contributed by atoms with Gasteiger partial charge in [-0.1, -0.05) is 12.1 Å². The molecule has 4 saturated heterocycles. The minimum atomic E-state index is -3.44. The third-order valence-electron chi connectivity index (χ3n) is 8.06. The van der Waals surface area contributed by atoms with Gasteiger partial charge in [0.2, 0.25) is 11.8 Å². The smallest absolute Gasteiger partial charge is 0.281 e. The molecule has 4 fully saturated rings. The van der Waals surface area contributed by atoms with E-state index in [1.54, 1.807) is 8.61 Å². The van der Waals surface area contributed by atoms with Gasteiger partial charge < -0.3 is 14.2 Å². The second-order valence-corrected chi connectivity index (χ2v) is 12.3. The number of hydrogen-bond donors (Lipinski definition) is 0. The van der Waals surface area contributed by atoms with Gasteiger partial charge in [-0.3, -0.25) is 4.79 Å². The van der Waals surface area contributed by atoms with Crippen LogP contribution < -0.4 is 0 Å². The van der Waals surface area contributed by atoms with Crippen molar-refractivity contribution in [3.8, 4) is 0 Å². The lowest BCUT2D eigenvalue weighted by Crippen LogP contribution is -2.50. The molecule has 0 bridgehead atoms. The number of carbonyl (C=O) groups is 1. The number of hydrogen-bond acceptors (Lipinski definition) is 7. The van der Waals surface area contributed by atoms with Crippen LogP contribution >= 0.6 is 0 Å². The third-order valence-corrected chi connectivity index (χ3v) is 10.1. The number of likely N-dealkylation sites (tertiary alicyclic amines) is 1. The van der Waals surface area contributed by atoms with Gasteiger partial charge in [-0.25, -0.2) is 0 Å². The number of carbonyl (C=O) groups excluding carboxylic acids is 1. The highest BCUT2D eigenvalue weighted by atomic mass is 32.2. The fourth-order valence-electron chi connectivity index (χ4n) is 5.74. The molecule has 1 aromatic heterocycles. The Morgan fingerprint density at radius 3 is 2.24 bits per heavy atom. The van der Waals surface area contributed by atoms with Crippen molar-refractivity contribution in [1.82, 2.24) is 23.7 Å². The first kappa shape index (κ1) is 24.1. The summed E-state index contributed by atoms with van der Waals surface area (Å²) in [6, 6.07) is -0.175. The Morgan fingerprint density at radius 1 is 0.912 bits per heavy atom. The molecule has 11 heteroatoms. The lowest BCUT2D eigenvalue weighted by molar-refractivity contribution is -0.138. The van der Waals surface area contributed by atoms with Crippen LogP contribution in [0.4, 0.5) is 0 Å². The zero-order valence-corrected chi connectivity index (χ0v) is 20.9. The van der Waals surface area contributed by atoms with Crippen molar-refractivity contribution in [2.24, 2.45) is 11.8 Å². The SMILES string of the molecule is CC1CCN(S(=O)(=O)N2CCC(C(=O)N3CCCC3c3nc(C4CCOCC4)no3)CC2)CC1. The molecule has 0 saturated carbocycles. The van der Waals surface area contributed by atoms with Crippen LogP contribution in [0, 0.1) is 11.8 Å². The minimum Gasteiger partial charge on any atom is -0.381 e. The molecule has 0 spiro atoms. The minimum absolute atomic E-state index is 0.0946. The zero-order valence-electron chi connectivity index (χ0n) is 20.1. The largest absolute Gasteiger partial charge is 0.381 e. The van der Waals surface area contributed by atoms with Crippen LogP contribution in [-0.4, -0.2) is 83.9 Å². The topological polar surface area (TPSA) is 109 Å². The standard InChI is InChI=1S/C23H37N5O5S/c1-17-4-11-26(12-5-17)34(30,31)27-13-6-19(7-14-27)23(29)28-10-2-3-20(28)22-24-21(25-33-22)18-8-15-32-16-9-18/h17-20H,2-16H2,1H3. The molecule has 0 aromatic carbocycles. The van der Waals surface area contributed by atoms with E-state index < -0.39 is 10.2 Å². The summed E-state index contributed by atoms with van der Waals surface area (Å²) in [5.74, 6) is 2.03. The lowest BCUT2D eigenvalue weighted by Gasteiger charge is -2.38. The van der Waals surface area contributed by atoms with Crippen molar-refractivity contribution < 1.29 is 22.5 Å². The Morgan fingerprint density at radius 2 is 1.56 bits per heavy atom. The maximum absolute atomic E-state index is 13.4. The van der Waals surface area contributed by atoms with Gasteiger partial charge in [0.25, 0.3) is 10.2 Å². The molecule has 10 nitrogen and oxygen atoms in total. The summed E-state index contributed by atoms with van der Waals surface area (Å²) in [5.41, 5.74) is 0. The Balaban J connectivity index is 1.18. The number of ether oxygens (including phenoxy) is 1. The first-order valence-corrected chi connectivity index (χ1v) is 14.3. The van der Waals surface area contributed by atoms with Gasteiger partial charge in [-0.05, 0) is 57.3 Å². The monoisotopic (exact) mass is 495 g/mol. The van der Waals surface area contributed by atoms with Crippen molar-refractivity contribution >= 4 is 16.1 Å². The maximum atomic E-state index is 13.4. The number of amides is 1. The molecule has 0 aliphatic carbocycles. The second-order valence-electron chi connectivity index (χ2n) is 10.3. The van der Waals surface area contributed by atoms with Crippen LogP contribution in [0.25, 0.3) is 0 Å². The van der Waals surface area contributed by atoms with Crippen molar-refractivity contribution in [3.63, 3.8) is 0 Å². The first-order valence-electron chi connectivity index (χ1n) is 12.9. The van der Waals surface area contributed by atoms with Gasteiger partial charge >= 0.3 is 0 Å². The number of aromatic nitrogens is 2. The summed E-state index contributed by atoms with van der Waals surface area (Å²) in [5, 5.41) is 4.22. The Labute approximate surface area is 202 Å². The van der Waals surface area contributed by atoms with E-state index in [0.29, 0.717) is 70.6 Å². The predicted octanol–water partition coefficient (Wildman–Crippen LogP) is 2.32. The van der Waals surface area contributed by atoms with Crippen LogP contribution in [0.1, 0.15) is 82.0 Å². The molecule has 5 rings (SSSR count). The molecule has 1 aromatic rings. The highest BCUT2D eigenvalue weighted by Gasteiger charge is 2.41. The van der Waals surface area contributed by atoms with Crippen LogP contribution in [0.15, 0.2) is 4.52 Å². The number of piperidine rings is 2. The number of nitrogens with zero attached hydrogens (tertiary/aromatic N) is 5. The van der Waals surface area contributed by atoms with Gasteiger partial charge in [-0.2, -0.15) is 22.0 Å². The van der Waals surface area contributed by atoms with E-state index in [1.807, 2.05) is 4.90 Å². The maximum Gasteiger partial charge on any atom is 0.281 e. The molecule has 0 N–H and O–H groups in total. The summed E-state index contributed by atoms with van der Waals surface area (Å²) >= 11 is 0. The van der Waals surface area contributed by atoms with E-state index in [9.17, 15) is 13.2 Å². The number of rotatable bonds is 5. The average molecular weight is 496 g/mol. The van der Waals surface area contributed by atoms with Gasteiger partial charge in [0.1, 0.15) is 6.04 Å². The molecule has 4 aliphatic heterocycles. The molecule has 190 valence electrons. The van der Waals surface area contributed by atoms with Crippen LogP contribution in [0.3, 0.4) is 0 Å². The Kier molecular flexibility index (Phi) is 7.25. The predicted molar refractivity (Wildman–Crippen MR) is 124 cm³/mol. The molecule has 1 amide bonds. The zero-order chi connectivity index (χ0) is 23.7. The van der Waals surface area contributed by atoms with E-state index in [0.717, 1.165) is 44.3 Å². The van der Waals surface area contributed by atoms with E-state index in [-0.39, 0.29) is 23.8 Å². The molecule has 5 heterocycles. The van der Waals surface area contributed by atoms with Crippen molar-refractivity contribution in [1.29, 1.82) is 0 Å². The molecular formula is C23H37N5O5S. The summed E-state index contributed by atoms with van der Waals surface area (Å²) in [7, 11) is -3.44. The van der Waals surface area contributed by atoms with E-state index in [1.165, 1.54) is 0 Å². The summed E-state index contributed by atoms with van der Waals surface area (Å²) < 4.78 is 40.4. The quantitative estimate of drug-likeness (QED) is 0.617. The van der Waals surface area contributed by atoms with Gasteiger partial charge in [0.15, 0.2) is 5.82 Å². The van der Waals surface area contributed by atoms with E-state index in [4.69, 9.17) is 9.26 Å². The normalized spacial score (nSPS) is 27.4. The second kappa shape index (κ2) is 10.2. The lowest BCUT2D eigenvalue weighted by atomic mass is 9.96. The first-order chi connectivity index (χ1) is 16.4. The van der Waals surface area contributed by atoms with Crippen molar-refractivity contribution in [2.75, 3.05) is 45.9 Å². The molecule has 1 unspecified atom stereocenters. The molecule has 0 radical (unpaired) electrons. The van der Waals surface area contributed by atoms with Crippen LogP contribution in [0.2, 0.25) is 0 Å². The molecule has 1 atom stereocenters. The molecule has 34 heavy (non-hydrogen) atoms. The van der Waals surface area contributed by atoms with Crippen molar-refractivity contribution in [3.05, 3.63) is 11.7 Å².